The molecule has 0 amide bonds. The minimum absolute atomic E-state index is 0.325. The van der Waals surface area contributed by atoms with E-state index < -0.39 is 5.97 Å². The van der Waals surface area contributed by atoms with E-state index in [0.29, 0.717) is 5.37 Å². The Morgan fingerprint density at radius 1 is 1.17 bits per heavy atom. The van der Waals surface area contributed by atoms with Crippen LogP contribution in [0.25, 0.3) is 0 Å². The lowest BCUT2D eigenvalue weighted by Gasteiger charge is -2.10. The molecule has 1 aliphatic heterocycles. The molecule has 1 aliphatic rings. The Kier molecular flexibility index (Phi) is 8.51. The van der Waals surface area contributed by atoms with Crippen LogP contribution in [0.15, 0.2) is 0 Å². The number of carbonyl (C=O) groups is 1. The zero-order chi connectivity index (χ0) is 13.2. The van der Waals surface area contributed by atoms with Gasteiger partial charge in [-0.25, -0.2) is 0 Å². The average Bonchev–Trinajstić information content (AvgIpc) is 2.81. The molecule has 4 heteroatoms. The second-order valence-electron chi connectivity index (χ2n) is 5.14. The second kappa shape index (κ2) is 9.68. The van der Waals surface area contributed by atoms with Crippen molar-refractivity contribution in [2.24, 2.45) is 0 Å². The maximum Gasteiger partial charge on any atom is 0.321 e. The van der Waals surface area contributed by atoms with Crippen LogP contribution in [0.3, 0.4) is 0 Å². The smallest absolute Gasteiger partial charge is 0.321 e. The number of unbranched alkanes of at least 4 members (excludes halogenated alkanes) is 7. The first-order valence-electron chi connectivity index (χ1n) is 7.34. The van der Waals surface area contributed by atoms with Crippen molar-refractivity contribution in [3.05, 3.63) is 0 Å². The van der Waals surface area contributed by atoms with Gasteiger partial charge in [-0.05, 0) is 6.42 Å². The minimum Gasteiger partial charge on any atom is -0.480 e. The second-order valence-corrected chi connectivity index (χ2v) is 6.38. The van der Waals surface area contributed by atoms with E-state index in [9.17, 15) is 4.79 Å². The Hall–Kier alpha value is -0.220. The molecule has 0 aromatic carbocycles. The SMILES string of the molecule is CCCCCCCCCCC1N[C@@H](C(=O)O)CS1. The third kappa shape index (κ3) is 6.64. The maximum atomic E-state index is 10.8. The number of nitrogens with one attached hydrogen (secondary N) is 1. The number of carboxylic acids is 1. The van der Waals surface area contributed by atoms with Crippen molar-refractivity contribution < 1.29 is 9.90 Å². The largest absolute Gasteiger partial charge is 0.480 e. The molecule has 0 spiro atoms. The fourth-order valence-corrected chi connectivity index (χ4v) is 3.56. The summed E-state index contributed by atoms with van der Waals surface area (Å²) in [6.45, 7) is 2.25. The summed E-state index contributed by atoms with van der Waals surface area (Å²) in [5.41, 5.74) is 0. The topological polar surface area (TPSA) is 49.3 Å². The fourth-order valence-electron chi connectivity index (χ4n) is 2.31. The van der Waals surface area contributed by atoms with Crippen LogP contribution in [0.1, 0.15) is 64.7 Å². The van der Waals surface area contributed by atoms with Crippen LogP contribution in [-0.2, 0) is 4.79 Å². The predicted octanol–water partition coefficient (Wildman–Crippen LogP) is 3.63. The van der Waals surface area contributed by atoms with Crippen molar-refractivity contribution in [3.8, 4) is 0 Å². The van der Waals surface area contributed by atoms with Gasteiger partial charge in [0.15, 0.2) is 0 Å². The van der Waals surface area contributed by atoms with E-state index in [1.54, 1.807) is 11.8 Å². The molecule has 106 valence electrons. The van der Waals surface area contributed by atoms with E-state index in [0.717, 1.165) is 12.2 Å². The van der Waals surface area contributed by atoms with Gasteiger partial charge in [0.2, 0.25) is 0 Å². The summed E-state index contributed by atoms with van der Waals surface area (Å²) >= 11 is 1.76. The lowest BCUT2D eigenvalue weighted by atomic mass is 10.1. The normalized spacial score (nSPS) is 23.4. The van der Waals surface area contributed by atoms with E-state index in [2.05, 4.69) is 12.2 Å². The van der Waals surface area contributed by atoms with E-state index in [-0.39, 0.29) is 6.04 Å². The summed E-state index contributed by atoms with van der Waals surface area (Å²) < 4.78 is 0. The van der Waals surface area contributed by atoms with Crippen LogP contribution in [0, 0.1) is 0 Å². The van der Waals surface area contributed by atoms with E-state index >= 15 is 0 Å². The molecule has 1 fully saturated rings. The van der Waals surface area contributed by atoms with Crippen molar-refractivity contribution in [2.45, 2.75) is 76.1 Å². The third-order valence-corrected chi connectivity index (χ3v) is 4.77. The van der Waals surface area contributed by atoms with Gasteiger partial charge in [0.1, 0.15) is 6.04 Å². The molecule has 1 heterocycles. The standard InChI is InChI=1S/C14H27NO2S/c1-2-3-4-5-6-7-8-9-10-13-15-12(11-18-13)14(16)17/h12-13,15H,2-11H2,1H3,(H,16,17)/t12-,13?/m1/s1. The monoisotopic (exact) mass is 273 g/mol. The Morgan fingerprint density at radius 2 is 1.78 bits per heavy atom. The zero-order valence-corrected chi connectivity index (χ0v) is 12.3. The van der Waals surface area contributed by atoms with E-state index in [1.165, 1.54) is 51.4 Å². The first kappa shape index (κ1) is 15.8. The maximum absolute atomic E-state index is 10.8. The summed E-state index contributed by atoms with van der Waals surface area (Å²) in [6.07, 6.45) is 11.8. The first-order chi connectivity index (χ1) is 8.74. The number of thioether (sulfide) groups is 1. The highest BCUT2D eigenvalue weighted by Crippen LogP contribution is 2.23. The van der Waals surface area contributed by atoms with Crippen LogP contribution in [0.2, 0.25) is 0 Å². The highest BCUT2D eigenvalue weighted by molar-refractivity contribution is 8.00. The highest BCUT2D eigenvalue weighted by atomic mass is 32.2. The molecular weight excluding hydrogens is 246 g/mol. The van der Waals surface area contributed by atoms with E-state index in [1.807, 2.05) is 0 Å². The molecule has 0 saturated carbocycles. The van der Waals surface area contributed by atoms with Crippen LogP contribution in [0.4, 0.5) is 0 Å². The number of carboxylic acid groups (broad SMARTS) is 1. The lowest BCUT2D eigenvalue weighted by Crippen LogP contribution is -2.36. The molecule has 0 aromatic rings. The van der Waals surface area contributed by atoms with Crippen LogP contribution in [-0.4, -0.2) is 28.2 Å². The molecule has 0 aliphatic carbocycles. The van der Waals surface area contributed by atoms with Gasteiger partial charge in [0, 0.05) is 5.75 Å². The quantitative estimate of drug-likeness (QED) is 0.597. The van der Waals surface area contributed by atoms with Crippen molar-refractivity contribution in [1.82, 2.24) is 5.32 Å². The zero-order valence-electron chi connectivity index (χ0n) is 11.5. The summed E-state index contributed by atoms with van der Waals surface area (Å²) in [6, 6.07) is -0.325. The molecule has 2 atom stereocenters. The Bertz CT molecular complexity index is 236. The number of hydrogen-bond acceptors (Lipinski definition) is 3. The molecule has 1 saturated heterocycles. The van der Waals surface area contributed by atoms with E-state index in [4.69, 9.17) is 5.11 Å². The summed E-state index contributed by atoms with van der Waals surface area (Å²) in [5.74, 6) is 0.0118. The van der Waals surface area contributed by atoms with Gasteiger partial charge in [-0.3, -0.25) is 10.1 Å². The average molecular weight is 273 g/mol. The van der Waals surface area contributed by atoms with Crippen molar-refractivity contribution in [3.63, 3.8) is 0 Å². The van der Waals surface area contributed by atoms with Crippen LogP contribution < -0.4 is 5.32 Å². The molecule has 0 radical (unpaired) electrons. The van der Waals surface area contributed by atoms with Crippen molar-refractivity contribution in [1.29, 1.82) is 0 Å². The number of aliphatic carboxylic acids is 1. The van der Waals surface area contributed by atoms with Crippen LogP contribution in [0.5, 0.6) is 0 Å². The molecule has 0 aromatic heterocycles. The van der Waals surface area contributed by atoms with Gasteiger partial charge in [-0.1, -0.05) is 58.3 Å². The minimum atomic E-state index is -0.707. The van der Waals surface area contributed by atoms with Crippen molar-refractivity contribution in [2.75, 3.05) is 5.75 Å². The number of rotatable bonds is 10. The Labute approximate surface area is 115 Å². The van der Waals surface area contributed by atoms with Gasteiger partial charge in [-0.15, -0.1) is 11.8 Å². The Morgan fingerprint density at radius 3 is 2.33 bits per heavy atom. The van der Waals surface area contributed by atoms with Crippen molar-refractivity contribution >= 4 is 17.7 Å². The molecule has 0 bridgehead atoms. The van der Waals surface area contributed by atoms with Gasteiger partial charge in [-0.2, -0.15) is 0 Å². The molecule has 3 nitrogen and oxygen atoms in total. The van der Waals surface area contributed by atoms with Crippen LogP contribution >= 0.6 is 11.8 Å². The van der Waals surface area contributed by atoms with Gasteiger partial charge in [0.25, 0.3) is 0 Å². The third-order valence-electron chi connectivity index (χ3n) is 3.47. The fraction of sp³-hybridized carbons (Fsp3) is 0.929. The molecule has 1 unspecified atom stereocenters. The summed E-state index contributed by atoms with van der Waals surface area (Å²) in [7, 11) is 0. The van der Waals surface area contributed by atoms with Gasteiger partial charge in [0.05, 0.1) is 5.37 Å². The lowest BCUT2D eigenvalue weighted by molar-refractivity contribution is -0.138. The molecular formula is C14H27NO2S. The first-order valence-corrected chi connectivity index (χ1v) is 8.39. The Balaban J connectivity index is 1.88. The highest BCUT2D eigenvalue weighted by Gasteiger charge is 2.28. The number of hydrogen-bond donors (Lipinski definition) is 2. The predicted molar refractivity (Wildman–Crippen MR) is 78.0 cm³/mol. The summed E-state index contributed by atoms with van der Waals surface area (Å²) in [4.78, 5) is 10.8. The molecule has 2 N–H and O–H groups in total. The van der Waals surface area contributed by atoms with Gasteiger partial charge >= 0.3 is 5.97 Å². The van der Waals surface area contributed by atoms with Gasteiger partial charge < -0.3 is 5.11 Å². The summed E-state index contributed by atoms with van der Waals surface area (Å²) in [5, 5.41) is 12.4. The molecule has 18 heavy (non-hydrogen) atoms. The molecule has 1 rings (SSSR count).